The number of hydrogen-bond acceptors (Lipinski definition) is 5. The largest absolute Gasteiger partial charge is 0.426 e. The predicted octanol–water partition coefficient (Wildman–Crippen LogP) is 9.18. The summed E-state index contributed by atoms with van der Waals surface area (Å²) in [6, 6.07) is 7.77. The van der Waals surface area contributed by atoms with Gasteiger partial charge in [-0.25, -0.2) is 0 Å². The van der Waals surface area contributed by atoms with E-state index in [1.807, 2.05) is 24.3 Å². The van der Waals surface area contributed by atoms with Crippen molar-refractivity contribution in [3.05, 3.63) is 29.3 Å². The number of benzene rings is 1. The lowest BCUT2D eigenvalue weighted by Gasteiger charge is -2.27. The molecule has 1 fully saturated rings. The van der Waals surface area contributed by atoms with Gasteiger partial charge in [-0.3, -0.25) is 4.79 Å². The Hall–Kier alpha value is -1.75. The fourth-order valence-corrected chi connectivity index (χ4v) is 6.00. The molecule has 5 heteroatoms. The highest BCUT2D eigenvalue weighted by Gasteiger charge is 2.27. The van der Waals surface area contributed by atoms with Gasteiger partial charge in [-0.1, -0.05) is 95.8 Å². The Morgan fingerprint density at radius 3 is 2.14 bits per heavy atom. The first-order valence-electron chi connectivity index (χ1n) is 14.3. The van der Waals surface area contributed by atoms with Gasteiger partial charge in [0.15, 0.2) is 0 Å². The first-order chi connectivity index (χ1) is 17.2. The van der Waals surface area contributed by atoms with Crippen LogP contribution in [0.15, 0.2) is 24.3 Å². The van der Waals surface area contributed by atoms with E-state index in [0.717, 1.165) is 40.8 Å². The standard InChI is InChI=1S/C30H46N2O2S/c1-3-5-7-8-9-10-11-13-15-28-31-32-29(35-28)25-20-22-27(23-21-25)34-30(33)26-18-16-24(17-19-26)14-12-6-4-2/h20-24,26H,3-19H2,1-2H3. The van der Waals surface area contributed by atoms with Crippen molar-refractivity contribution in [3.63, 3.8) is 0 Å². The van der Waals surface area contributed by atoms with Crippen LogP contribution in [0.2, 0.25) is 0 Å². The Labute approximate surface area is 217 Å². The van der Waals surface area contributed by atoms with Crippen molar-refractivity contribution < 1.29 is 9.53 Å². The second kappa shape index (κ2) is 16.1. The van der Waals surface area contributed by atoms with Crippen LogP contribution < -0.4 is 4.74 Å². The lowest BCUT2D eigenvalue weighted by molar-refractivity contribution is -0.140. The highest BCUT2D eigenvalue weighted by Crippen LogP contribution is 2.33. The zero-order chi connectivity index (χ0) is 24.7. The molecule has 0 spiro atoms. The Bertz CT molecular complexity index is 840. The minimum absolute atomic E-state index is 0.0548. The van der Waals surface area contributed by atoms with Crippen LogP contribution in [0.5, 0.6) is 5.75 Å². The van der Waals surface area contributed by atoms with Crippen LogP contribution in [0, 0.1) is 11.8 Å². The average Bonchev–Trinajstić information content (AvgIpc) is 3.35. The summed E-state index contributed by atoms with van der Waals surface area (Å²) >= 11 is 1.68. The first-order valence-corrected chi connectivity index (χ1v) is 15.2. The molecule has 0 atom stereocenters. The van der Waals surface area contributed by atoms with Crippen molar-refractivity contribution in [2.75, 3.05) is 0 Å². The second-order valence-electron chi connectivity index (χ2n) is 10.4. The van der Waals surface area contributed by atoms with Crippen molar-refractivity contribution >= 4 is 17.3 Å². The number of nitrogens with zero attached hydrogens (tertiary/aromatic N) is 2. The molecular formula is C30H46N2O2S. The van der Waals surface area contributed by atoms with Crippen molar-refractivity contribution in [1.29, 1.82) is 0 Å². The Kier molecular flexibility index (Phi) is 12.8. The van der Waals surface area contributed by atoms with Crippen LogP contribution in [0.1, 0.15) is 122 Å². The molecular weight excluding hydrogens is 452 g/mol. The third-order valence-electron chi connectivity index (χ3n) is 7.43. The maximum Gasteiger partial charge on any atom is 0.314 e. The van der Waals surface area contributed by atoms with Crippen LogP contribution in [-0.4, -0.2) is 16.2 Å². The Morgan fingerprint density at radius 2 is 1.46 bits per heavy atom. The summed E-state index contributed by atoms with van der Waals surface area (Å²) in [6.45, 7) is 4.52. The van der Waals surface area contributed by atoms with Crippen molar-refractivity contribution in [2.24, 2.45) is 11.8 Å². The van der Waals surface area contributed by atoms with E-state index in [9.17, 15) is 4.79 Å². The quantitative estimate of drug-likeness (QED) is 0.131. The zero-order valence-electron chi connectivity index (χ0n) is 22.1. The summed E-state index contributed by atoms with van der Waals surface area (Å²) in [5, 5.41) is 10.8. The number of aryl methyl sites for hydroxylation is 1. The lowest BCUT2D eigenvalue weighted by Crippen LogP contribution is -2.25. The van der Waals surface area contributed by atoms with Gasteiger partial charge in [-0.05, 0) is 62.3 Å². The zero-order valence-corrected chi connectivity index (χ0v) is 22.9. The van der Waals surface area contributed by atoms with E-state index in [4.69, 9.17) is 4.74 Å². The Morgan fingerprint density at radius 1 is 0.829 bits per heavy atom. The molecule has 0 bridgehead atoms. The fourth-order valence-electron chi connectivity index (χ4n) is 5.12. The van der Waals surface area contributed by atoms with Gasteiger partial charge in [-0.15, -0.1) is 10.2 Å². The van der Waals surface area contributed by atoms with E-state index in [0.29, 0.717) is 5.75 Å². The highest BCUT2D eigenvalue weighted by atomic mass is 32.1. The molecule has 2 aromatic rings. The number of carbonyl (C=O) groups excluding carboxylic acids is 1. The summed E-state index contributed by atoms with van der Waals surface area (Å²) in [7, 11) is 0. The van der Waals surface area contributed by atoms with E-state index < -0.39 is 0 Å². The maximum absolute atomic E-state index is 12.7. The number of unbranched alkanes of at least 4 members (excludes halogenated alkanes) is 9. The third-order valence-corrected chi connectivity index (χ3v) is 8.46. The first kappa shape index (κ1) is 27.8. The molecule has 1 aromatic heterocycles. The van der Waals surface area contributed by atoms with E-state index >= 15 is 0 Å². The van der Waals surface area contributed by atoms with Crippen molar-refractivity contribution in [2.45, 2.75) is 123 Å². The number of rotatable bonds is 16. The SMILES string of the molecule is CCCCCCCCCCc1nnc(-c2ccc(OC(=O)C3CCC(CCCCC)CC3)cc2)s1. The molecule has 0 amide bonds. The molecule has 1 aromatic carbocycles. The average molecular weight is 499 g/mol. The van der Waals surface area contributed by atoms with Gasteiger partial charge in [-0.2, -0.15) is 0 Å². The molecule has 1 aliphatic carbocycles. The van der Waals surface area contributed by atoms with Gasteiger partial charge in [0.1, 0.15) is 15.8 Å². The van der Waals surface area contributed by atoms with Gasteiger partial charge in [0, 0.05) is 12.0 Å². The smallest absolute Gasteiger partial charge is 0.314 e. The third kappa shape index (κ3) is 10.0. The normalized spacial score (nSPS) is 18.0. The number of carbonyl (C=O) groups is 1. The van der Waals surface area contributed by atoms with E-state index in [1.54, 1.807) is 11.3 Å². The molecule has 35 heavy (non-hydrogen) atoms. The lowest BCUT2D eigenvalue weighted by atomic mass is 9.80. The molecule has 4 nitrogen and oxygen atoms in total. The molecule has 0 N–H and O–H groups in total. The molecule has 1 heterocycles. The van der Waals surface area contributed by atoms with Gasteiger partial charge in [0.2, 0.25) is 0 Å². The maximum atomic E-state index is 12.7. The van der Waals surface area contributed by atoms with Gasteiger partial charge >= 0.3 is 5.97 Å². The van der Waals surface area contributed by atoms with Gasteiger partial charge in [0.05, 0.1) is 5.92 Å². The molecule has 0 radical (unpaired) electrons. The molecule has 0 aliphatic heterocycles. The van der Waals surface area contributed by atoms with Gasteiger partial charge < -0.3 is 4.74 Å². The molecule has 194 valence electrons. The fraction of sp³-hybridized carbons (Fsp3) is 0.700. The molecule has 1 saturated carbocycles. The minimum atomic E-state index is -0.0617. The number of aromatic nitrogens is 2. The minimum Gasteiger partial charge on any atom is -0.426 e. The van der Waals surface area contributed by atoms with Crippen LogP contribution in [0.25, 0.3) is 10.6 Å². The van der Waals surface area contributed by atoms with E-state index in [2.05, 4.69) is 24.0 Å². The molecule has 3 rings (SSSR count). The summed E-state index contributed by atoms with van der Waals surface area (Å²) in [5.41, 5.74) is 1.04. The monoisotopic (exact) mass is 498 g/mol. The van der Waals surface area contributed by atoms with Crippen LogP contribution in [-0.2, 0) is 11.2 Å². The molecule has 1 aliphatic rings. The van der Waals surface area contributed by atoms with Crippen molar-refractivity contribution in [3.8, 4) is 16.3 Å². The predicted molar refractivity (Wildman–Crippen MR) is 147 cm³/mol. The summed E-state index contributed by atoms with van der Waals surface area (Å²) in [5.74, 6) is 1.43. The number of esters is 1. The topological polar surface area (TPSA) is 52.1 Å². The highest BCUT2D eigenvalue weighted by molar-refractivity contribution is 7.14. The van der Waals surface area contributed by atoms with Crippen LogP contribution in [0.4, 0.5) is 0 Å². The second-order valence-corrected chi connectivity index (χ2v) is 11.4. The summed E-state index contributed by atoms with van der Waals surface area (Å²) < 4.78 is 5.72. The van der Waals surface area contributed by atoms with Crippen LogP contribution in [0.3, 0.4) is 0 Å². The van der Waals surface area contributed by atoms with Crippen LogP contribution >= 0.6 is 11.3 Å². The summed E-state index contributed by atoms with van der Waals surface area (Å²) in [6.07, 6.45) is 21.2. The number of ether oxygens (including phenoxy) is 1. The number of hydrogen-bond donors (Lipinski definition) is 0. The van der Waals surface area contributed by atoms with Crippen molar-refractivity contribution in [1.82, 2.24) is 10.2 Å². The Balaban J connectivity index is 1.36. The summed E-state index contributed by atoms with van der Waals surface area (Å²) in [4.78, 5) is 12.7. The van der Waals surface area contributed by atoms with E-state index in [1.165, 1.54) is 89.9 Å². The molecule has 0 unspecified atom stereocenters. The van der Waals surface area contributed by atoms with Gasteiger partial charge in [0.25, 0.3) is 0 Å². The molecule has 0 saturated heterocycles. The van der Waals surface area contributed by atoms with E-state index in [-0.39, 0.29) is 11.9 Å².